The molecule has 1 aromatic carbocycles. The van der Waals surface area contributed by atoms with E-state index in [1.165, 1.54) is 23.9 Å². The lowest BCUT2D eigenvalue weighted by molar-refractivity contribution is -0.133. The van der Waals surface area contributed by atoms with Crippen LogP contribution in [0.5, 0.6) is 0 Å². The second-order valence-electron chi connectivity index (χ2n) is 7.61. The van der Waals surface area contributed by atoms with Crippen LogP contribution in [0.4, 0.5) is 5.69 Å². The van der Waals surface area contributed by atoms with Gasteiger partial charge in [-0.15, -0.1) is 23.1 Å². The molecule has 1 aromatic heterocycles. The molecule has 2 amide bonds. The van der Waals surface area contributed by atoms with E-state index in [0.29, 0.717) is 36.6 Å². The monoisotopic (exact) mass is 479 g/mol. The van der Waals surface area contributed by atoms with Crippen LogP contribution in [0.3, 0.4) is 0 Å². The van der Waals surface area contributed by atoms with Crippen molar-refractivity contribution in [2.75, 3.05) is 25.0 Å². The third-order valence-corrected chi connectivity index (χ3v) is 9.04. The van der Waals surface area contributed by atoms with E-state index in [1.807, 2.05) is 17.5 Å². The second kappa shape index (κ2) is 9.72. The van der Waals surface area contributed by atoms with Crippen molar-refractivity contribution < 1.29 is 18.0 Å². The van der Waals surface area contributed by atoms with Crippen LogP contribution in [-0.2, 0) is 26.0 Å². The van der Waals surface area contributed by atoms with Gasteiger partial charge in [-0.05, 0) is 48.9 Å². The number of fused-ring (bicyclic) bond motifs is 1. The zero-order chi connectivity index (χ0) is 21.8. The molecule has 31 heavy (non-hydrogen) atoms. The van der Waals surface area contributed by atoms with Crippen LogP contribution in [0.2, 0.25) is 0 Å². The molecule has 0 radical (unpaired) electrons. The van der Waals surface area contributed by atoms with Crippen LogP contribution in [0.15, 0.2) is 45.5 Å². The summed E-state index contributed by atoms with van der Waals surface area (Å²) in [6, 6.07) is 8.54. The zero-order valence-electron chi connectivity index (χ0n) is 17.0. The second-order valence-corrected chi connectivity index (χ2v) is 11.6. The van der Waals surface area contributed by atoms with E-state index in [9.17, 15) is 18.0 Å². The Balaban J connectivity index is 1.44. The van der Waals surface area contributed by atoms with Crippen molar-refractivity contribution in [1.29, 1.82) is 0 Å². The molecule has 0 bridgehead atoms. The Kier molecular flexibility index (Phi) is 7.00. The molecule has 2 N–H and O–H groups in total. The summed E-state index contributed by atoms with van der Waals surface area (Å²) in [6.07, 6.45) is 4.75. The molecule has 1 atom stereocenters. The van der Waals surface area contributed by atoms with Crippen molar-refractivity contribution in [2.45, 2.75) is 47.1 Å². The predicted octanol–water partition coefficient (Wildman–Crippen LogP) is 3.08. The lowest BCUT2D eigenvalue weighted by Crippen LogP contribution is -2.45. The minimum absolute atomic E-state index is 0.0932. The molecule has 10 heteroatoms. The summed E-state index contributed by atoms with van der Waals surface area (Å²) in [5.74, 6) is -0.561. The van der Waals surface area contributed by atoms with E-state index in [1.54, 1.807) is 22.3 Å². The summed E-state index contributed by atoms with van der Waals surface area (Å²) in [7, 11) is -3.70. The smallest absolute Gasteiger partial charge is 0.247 e. The third kappa shape index (κ3) is 5.31. The maximum absolute atomic E-state index is 12.9. The number of thiophene rings is 1. The topological polar surface area (TPSA) is 95.6 Å². The van der Waals surface area contributed by atoms with Gasteiger partial charge >= 0.3 is 0 Å². The van der Waals surface area contributed by atoms with Gasteiger partial charge in [0, 0.05) is 29.4 Å². The quantitative estimate of drug-likeness (QED) is 0.621. The number of rotatable bonds is 6. The molecule has 2 aromatic rings. The number of sulfonamides is 1. The lowest BCUT2D eigenvalue weighted by atomic mass is 10.2. The fraction of sp³-hybridized carbons (Fsp3) is 0.429. The van der Waals surface area contributed by atoms with Crippen LogP contribution in [0.1, 0.15) is 30.6 Å². The fourth-order valence-corrected chi connectivity index (χ4v) is 6.54. The molecular formula is C21H25N3O4S3. The van der Waals surface area contributed by atoms with Crippen molar-refractivity contribution in [3.63, 3.8) is 0 Å². The molecule has 0 unspecified atom stereocenters. The first-order chi connectivity index (χ1) is 14.9. The SMILES string of the molecule is O=C1Nc2cc(S(=O)(=O)NCCc3cccs3)ccc2S[C@H]1C(=O)N1CCCCCC1. The third-order valence-electron chi connectivity index (χ3n) is 5.39. The van der Waals surface area contributed by atoms with E-state index in [0.717, 1.165) is 30.6 Å². The first-order valence-electron chi connectivity index (χ1n) is 10.4. The summed E-state index contributed by atoms with van der Waals surface area (Å²) in [4.78, 5) is 29.2. The van der Waals surface area contributed by atoms with Gasteiger partial charge in [-0.2, -0.15) is 0 Å². The Morgan fingerprint density at radius 3 is 2.65 bits per heavy atom. The standard InChI is InChI=1S/C21H25N3O4S3/c25-20-19(21(26)24-11-3-1-2-4-12-24)30-18-8-7-16(14-17(18)23-20)31(27,28)22-10-9-15-6-5-13-29-15/h5-8,13-14,19,22H,1-4,9-12H2,(H,23,25)/t19-/m1/s1. The van der Waals surface area contributed by atoms with Crippen molar-refractivity contribution >= 4 is 50.6 Å². The van der Waals surface area contributed by atoms with Crippen LogP contribution in [0, 0.1) is 0 Å². The molecule has 0 saturated carbocycles. The highest BCUT2D eigenvalue weighted by atomic mass is 32.2. The van der Waals surface area contributed by atoms with Crippen molar-refractivity contribution in [3.8, 4) is 0 Å². The summed E-state index contributed by atoms with van der Waals surface area (Å²) >= 11 is 2.78. The largest absolute Gasteiger partial charge is 0.341 e. The first kappa shape index (κ1) is 22.3. The van der Waals surface area contributed by atoms with Gasteiger partial charge in [-0.3, -0.25) is 9.59 Å². The molecule has 166 valence electrons. The minimum atomic E-state index is -3.70. The number of nitrogens with zero attached hydrogens (tertiary/aromatic N) is 1. The maximum Gasteiger partial charge on any atom is 0.247 e. The summed E-state index contributed by atoms with van der Waals surface area (Å²) in [6.45, 7) is 1.67. The van der Waals surface area contributed by atoms with E-state index in [-0.39, 0.29) is 10.8 Å². The summed E-state index contributed by atoms with van der Waals surface area (Å²) in [5, 5.41) is 3.86. The number of likely N-dealkylation sites (tertiary alicyclic amines) is 1. The number of hydrogen-bond donors (Lipinski definition) is 2. The zero-order valence-corrected chi connectivity index (χ0v) is 19.5. The molecule has 0 spiro atoms. The molecule has 4 rings (SSSR count). The van der Waals surface area contributed by atoms with Crippen LogP contribution in [-0.4, -0.2) is 50.0 Å². The number of carbonyl (C=O) groups excluding carboxylic acids is 2. The van der Waals surface area contributed by atoms with E-state index in [4.69, 9.17) is 0 Å². The molecule has 7 nitrogen and oxygen atoms in total. The van der Waals surface area contributed by atoms with Crippen molar-refractivity contribution in [2.24, 2.45) is 0 Å². The number of benzene rings is 1. The van der Waals surface area contributed by atoms with Gasteiger partial charge in [-0.1, -0.05) is 18.9 Å². The molecule has 1 fully saturated rings. The number of anilines is 1. The Morgan fingerprint density at radius 2 is 1.94 bits per heavy atom. The number of thioether (sulfide) groups is 1. The average molecular weight is 480 g/mol. The number of carbonyl (C=O) groups is 2. The molecule has 2 aliphatic rings. The molecule has 1 saturated heterocycles. The van der Waals surface area contributed by atoms with E-state index < -0.39 is 21.2 Å². The van der Waals surface area contributed by atoms with E-state index >= 15 is 0 Å². The van der Waals surface area contributed by atoms with Crippen LogP contribution >= 0.6 is 23.1 Å². The fourth-order valence-electron chi connectivity index (χ4n) is 3.72. The lowest BCUT2D eigenvalue weighted by Gasteiger charge is -2.28. The van der Waals surface area contributed by atoms with E-state index in [2.05, 4.69) is 10.0 Å². The highest BCUT2D eigenvalue weighted by Crippen LogP contribution is 2.38. The highest BCUT2D eigenvalue weighted by molar-refractivity contribution is 8.01. The van der Waals surface area contributed by atoms with Gasteiger partial charge in [0.1, 0.15) is 0 Å². The Labute approximate surface area is 190 Å². The minimum Gasteiger partial charge on any atom is -0.341 e. The predicted molar refractivity (Wildman–Crippen MR) is 123 cm³/mol. The maximum atomic E-state index is 12.9. The van der Waals surface area contributed by atoms with Crippen molar-refractivity contribution in [1.82, 2.24) is 9.62 Å². The Bertz CT molecular complexity index is 1050. The van der Waals surface area contributed by atoms with Gasteiger partial charge in [-0.25, -0.2) is 13.1 Å². The van der Waals surface area contributed by atoms with Gasteiger partial charge in [0.05, 0.1) is 10.6 Å². The Hall–Kier alpha value is -1.88. The van der Waals surface area contributed by atoms with Gasteiger partial charge in [0.25, 0.3) is 0 Å². The van der Waals surface area contributed by atoms with Gasteiger partial charge in [0.15, 0.2) is 5.25 Å². The number of hydrogen-bond acceptors (Lipinski definition) is 6. The first-order valence-corrected chi connectivity index (χ1v) is 13.6. The van der Waals surface area contributed by atoms with Crippen LogP contribution in [0.25, 0.3) is 0 Å². The molecule has 3 heterocycles. The van der Waals surface area contributed by atoms with Gasteiger partial charge < -0.3 is 10.2 Å². The normalized spacial score (nSPS) is 19.4. The molecule has 2 aliphatic heterocycles. The number of amides is 2. The summed E-state index contributed by atoms with van der Waals surface area (Å²) in [5.41, 5.74) is 0.427. The summed E-state index contributed by atoms with van der Waals surface area (Å²) < 4.78 is 27.9. The highest BCUT2D eigenvalue weighted by Gasteiger charge is 2.36. The Morgan fingerprint density at radius 1 is 1.16 bits per heavy atom. The van der Waals surface area contributed by atoms with Gasteiger partial charge in [0.2, 0.25) is 21.8 Å². The van der Waals surface area contributed by atoms with Crippen LogP contribution < -0.4 is 10.0 Å². The average Bonchev–Trinajstić information content (AvgIpc) is 3.12. The van der Waals surface area contributed by atoms with Crippen molar-refractivity contribution in [3.05, 3.63) is 40.6 Å². The molecule has 0 aliphatic carbocycles. The number of nitrogens with one attached hydrogen (secondary N) is 2. The molecular weight excluding hydrogens is 454 g/mol.